The van der Waals surface area contributed by atoms with Gasteiger partial charge in [-0.25, -0.2) is 8.42 Å². The number of rotatable bonds is 8. The van der Waals surface area contributed by atoms with Crippen LogP contribution < -0.4 is 5.32 Å². The molecule has 3 rings (SSSR count). The molecule has 1 aromatic heterocycles. The van der Waals surface area contributed by atoms with E-state index in [4.69, 9.17) is 0 Å². The second-order valence-electron chi connectivity index (χ2n) is 8.42. The number of carbonyl (C=O) groups is 1. The Balaban J connectivity index is 1.64. The molecule has 0 radical (unpaired) electrons. The summed E-state index contributed by atoms with van der Waals surface area (Å²) in [5.41, 5.74) is 0. The number of hydrogen-bond acceptors (Lipinski definition) is 6. The summed E-state index contributed by atoms with van der Waals surface area (Å²) in [6, 6.07) is 3.41. The normalized spacial score (nSPS) is 24.2. The van der Waals surface area contributed by atoms with E-state index in [-0.39, 0.29) is 18.9 Å². The Kier molecular flexibility index (Phi) is 8.09. The lowest BCUT2D eigenvalue weighted by Gasteiger charge is -2.36. The Morgan fingerprint density at radius 3 is 2.52 bits per heavy atom. The second kappa shape index (κ2) is 10.3. The standard InChI is InChI=1S/C20H34N4O3S2/c1-17-14-18(2)16-22(15-17)11-12-24(29(26,27)20-4-3-13-28-20)8-5-19(25)23-9-6-21-7-10-23/h3-4,13,17-18,21H,5-12,14-16H2,1-2H3/t17-,18-/m0/s1. The molecule has 2 atom stereocenters. The fourth-order valence-corrected chi connectivity index (χ4v) is 6.99. The van der Waals surface area contributed by atoms with Gasteiger partial charge in [-0.05, 0) is 29.7 Å². The molecule has 1 aromatic rings. The third-order valence-electron chi connectivity index (χ3n) is 5.74. The van der Waals surface area contributed by atoms with E-state index in [1.165, 1.54) is 22.1 Å². The summed E-state index contributed by atoms with van der Waals surface area (Å²) in [7, 11) is -3.57. The third kappa shape index (κ3) is 6.24. The number of nitrogens with zero attached hydrogens (tertiary/aromatic N) is 3. The zero-order valence-corrected chi connectivity index (χ0v) is 19.2. The lowest BCUT2D eigenvalue weighted by molar-refractivity contribution is -0.131. The molecule has 0 spiro atoms. The summed E-state index contributed by atoms with van der Waals surface area (Å²) in [5, 5.41) is 5.02. The Morgan fingerprint density at radius 1 is 1.21 bits per heavy atom. The molecule has 7 nitrogen and oxygen atoms in total. The number of hydrogen-bond donors (Lipinski definition) is 1. The number of amides is 1. The number of piperidine rings is 1. The van der Waals surface area contributed by atoms with Crippen LogP contribution in [0.4, 0.5) is 0 Å². The maximum atomic E-state index is 13.2. The highest BCUT2D eigenvalue weighted by molar-refractivity contribution is 7.91. The van der Waals surface area contributed by atoms with Gasteiger partial charge in [-0.15, -0.1) is 11.3 Å². The van der Waals surface area contributed by atoms with Gasteiger partial charge in [-0.2, -0.15) is 4.31 Å². The van der Waals surface area contributed by atoms with Crippen molar-refractivity contribution in [1.82, 2.24) is 19.4 Å². The van der Waals surface area contributed by atoms with Crippen molar-refractivity contribution in [2.45, 2.75) is 30.9 Å². The Labute approximate surface area is 179 Å². The molecule has 2 saturated heterocycles. The molecule has 0 aromatic carbocycles. The monoisotopic (exact) mass is 442 g/mol. The molecule has 0 unspecified atom stereocenters. The van der Waals surface area contributed by atoms with Gasteiger partial charge in [0.2, 0.25) is 5.91 Å². The summed E-state index contributed by atoms with van der Waals surface area (Å²) in [5.74, 6) is 1.31. The molecule has 2 fully saturated rings. The van der Waals surface area contributed by atoms with Crippen LogP contribution in [0.2, 0.25) is 0 Å². The predicted octanol–water partition coefficient (Wildman–Crippen LogP) is 1.54. The van der Waals surface area contributed by atoms with E-state index in [0.717, 1.165) is 26.2 Å². The lowest BCUT2D eigenvalue weighted by atomic mass is 9.92. The molecule has 9 heteroatoms. The van der Waals surface area contributed by atoms with Crippen LogP contribution >= 0.6 is 11.3 Å². The van der Waals surface area contributed by atoms with Crippen LogP contribution in [0.1, 0.15) is 26.7 Å². The number of piperazine rings is 1. The minimum atomic E-state index is -3.57. The first-order valence-electron chi connectivity index (χ1n) is 10.6. The maximum absolute atomic E-state index is 13.2. The van der Waals surface area contributed by atoms with E-state index in [2.05, 4.69) is 24.1 Å². The van der Waals surface area contributed by atoms with E-state index in [1.54, 1.807) is 17.5 Å². The minimum Gasteiger partial charge on any atom is -0.340 e. The quantitative estimate of drug-likeness (QED) is 0.661. The van der Waals surface area contributed by atoms with Crippen LogP contribution in [0.25, 0.3) is 0 Å². The first-order chi connectivity index (χ1) is 13.9. The summed E-state index contributed by atoms with van der Waals surface area (Å²) >= 11 is 1.24. The van der Waals surface area contributed by atoms with E-state index in [0.29, 0.717) is 42.2 Å². The molecular weight excluding hydrogens is 408 g/mol. The van der Waals surface area contributed by atoms with Crippen LogP contribution in [-0.4, -0.2) is 87.3 Å². The molecule has 29 heavy (non-hydrogen) atoms. The first kappa shape index (κ1) is 22.7. The molecule has 0 saturated carbocycles. The van der Waals surface area contributed by atoms with Crippen molar-refractivity contribution in [2.75, 3.05) is 58.9 Å². The number of likely N-dealkylation sites (tertiary alicyclic amines) is 1. The molecule has 1 amide bonds. The minimum absolute atomic E-state index is 0.0399. The van der Waals surface area contributed by atoms with Crippen LogP contribution in [0.5, 0.6) is 0 Å². The summed E-state index contributed by atoms with van der Waals surface area (Å²) in [6.07, 6.45) is 1.46. The highest BCUT2D eigenvalue weighted by Gasteiger charge is 2.29. The Bertz CT molecular complexity index is 738. The number of nitrogens with one attached hydrogen (secondary N) is 1. The topological polar surface area (TPSA) is 73.0 Å². The lowest BCUT2D eigenvalue weighted by Crippen LogP contribution is -2.48. The van der Waals surface area contributed by atoms with Crippen LogP contribution in [0, 0.1) is 11.8 Å². The molecule has 0 bridgehead atoms. The summed E-state index contributed by atoms with van der Waals surface area (Å²) < 4.78 is 28.2. The summed E-state index contributed by atoms with van der Waals surface area (Å²) in [6.45, 7) is 10.9. The smallest absolute Gasteiger partial charge is 0.252 e. The molecule has 3 heterocycles. The molecule has 164 valence electrons. The average molecular weight is 443 g/mol. The highest BCUT2D eigenvalue weighted by atomic mass is 32.2. The van der Waals surface area contributed by atoms with Gasteiger partial charge < -0.3 is 15.1 Å². The predicted molar refractivity (Wildman–Crippen MR) is 117 cm³/mol. The van der Waals surface area contributed by atoms with E-state index >= 15 is 0 Å². The van der Waals surface area contributed by atoms with Crippen molar-refractivity contribution in [3.05, 3.63) is 17.5 Å². The van der Waals surface area contributed by atoms with Crippen LogP contribution in [0.3, 0.4) is 0 Å². The fraction of sp³-hybridized carbons (Fsp3) is 0.750. The largest absolute Gasteiger partial charge is 0.340 e. The first-order valence-corrected chi connectivity index (χ1v) is 12.9. The Morgan fingerprint density at radius 2 is 1.90 bits per heavy atom. The molecular formula is C20H34N4O3S2. The van der Waals surface area contributed by atoms with Gasteiger partial charge in [0.05, 0.1) is 0 Å². The Hall–Kier alpha value is -1.00. The SMILES string of the molecule is C[C@H]1C[C@H](C)CN(CCN(CCC(=O)N2CCNCC2)S(=O)(=O)c2cccs2)C1. The van der Waals surface area contributed by atoms with Crippen molar-refractivity contribution in [3.8, 4) is 0 Å². The van der Waals surface area contributed by atoms with Gasteiger partial charge in [-0.3, -0.25) is 4.79 Å². The van der Waals surface area contributed by atoms with Crippen molar-refractivity contribution < 1.29 is 13.2 Å². The van der Waals surface area contributed by atoms with Gasteiger partial charge in [0.25, 0.3) is 10.0 Å². The van der Waals surface area contributed by atoms with E-state index in [1.807, 2.05) is 4.90 Å². The fourth-order valence-electron chi connectivity index (χ4n) is 4.41. The molecule has 1 N–H and O–H groups in total. The van der Waals surface area contributed by atoms with E-state index in [9.17, 15) is 13.2 Å². The van der Waals surface area contributed by atoms with Crippen molar-refractivity contribution >= 4 is 27.3 Å². The highest BCUT2D eigenvalue weighted by Crippen LogP contribution is 2.23. The summed E-state index contributed by atoms with van der Waals surface area (Å²) in [4.78, 5) is 16.8. The van der Waals surface area contributed by atoms with Crippen molar-refractivity contribution in [1.29, 1.82) is 0 Å². The van der Waals surface area contributed by atoms with Gasteiger partial charge >= 0.3 is 0 Å². The van der Waals surface area contributed by atoms with E-state index < -0.39 is 10.0 Å². The second-order valence-corrected chi connectivity index (χ2v) is 11.5. The molecule has 0 aliphatic carbocycles. The number of thiophene rings is 1. The number of carbonyl (C=O) groups excluding carboxylic acids is 1. The third-order valence-corrected chi connectivity index (χ3v) is 9.02. The van der Waals surface area contributed by atoms with Crippen LogP contribution in [0.15, 0.2) is 21.7 Å². The van der Waals surface area contributed by atoms with Crippen molar-refractivity contribution in [3.63, 3.8) is 0 Å². The van der Waals surface area contributed by atoms with Gasteiger partial charge in [0.15, 0.2) is 0 Å². The zero-order valence-electron chi connectivity index (χ0n) is 17.5. The molecule has 2 aliphatic heterocycles. The number of sulfonamides is 1. The van der Waals surface area contributed by atoms with Crippen LogP contribution in [-0.2, 0) is 14.8 Å². The van der Waals surface area contributed by atoms with Gasteiger partial charge in [0.1, 0.15) is 4.21 Å². The molecule has 2 aliphatic rings. The van der Waals surface area contributed by atoms with Crippen molar-refractivity contribution in [2.24, 2.45) is 11.8 Å². The zero-order chi connectivity index (χ0) is 20.9. The average Bonchev–Trinajstić information content (AvgIpc) is 3.23. The van der Waals surface area contributed by atoms with Gasteiger partial charge in [-0.1, -0.05) is 19.9 Å². The van der Waals surface area contributed by atoms with Gasteiger partial charge in [0, 0.05) is 65.3 Å². The maximum Gasteiger partial charge on any atom is 0.252 e.